The van der Waals surface area contributed by atoms with Gasteiger partial charge in [0.2, 0.25) is 5.95 Å². The van der Waals surface area contributed by atoms with Crippen LogP contribution in [0.15, 0.2) is 24.4 Å². The Labute approximate surface area is 116 Å². The molecule has 5 nitrogen and oxygen atoms in total. The van der Waals surface area contributed by atoms with Crippen molar-refractivity contribution in [2.24, 2.45) is 0 Å². The van der Waals surface area contributed by atoms with Crippen molar-refractivity contribution in [3.8, 4) is 0 Å². The van der Waals surface area contributed by atoms with Crippen LogP contribution in [0, 0.1) is 6.92 Å². The molecular weight excluding hydrogens is 262 g/mol. The Morgan fingerprint density at radius 2 is 2.16 bits per heavy atom. The van der Waals surface area contributed by atoms with Crippen LogP contribution < -0.4 is 10.6 Å². The number of nitrogens with one attached hydrogen (secondary N) is 2. The predicted octanol–water partition coefficient (Wildman–Crippen LogP) is 3.15. The third-order valence-electron chi connectivity index (χ3n) is 2.91. The van der Waals surface area contributed by atoms with Gasteiger partial charge in [-0.25, -0.2) is 0 Å². The Kier molecular flexibility index (Phi) is 3.21. The van der Waals surface area contributed by atoms with Gasteiger partial charge >= 0.3 is 0 Å². The highest BCUT2D eigenvalue weighted by Crippen LogP contribution is 2.24. The zero-order valence-electron chi connectivity index (χ0n) is 10.5. The molecule has 3 rings (SSSR count). The third-order valence-corrected chi connectivity index (χ3v) is 3.32. The van der Waals surface area contributed by atoms with Crippen LogP contribution in [0.2, 0.25) is 5.02 Å². The van der Waals surface area contributed by atoms with Crippen molar-refractivity contribution in [1.82, 2.24) is 15.2 Å². The number of anilines is 3. The molecule has 1 saturated carbocycles. The first-order valence-electron chi connectivity index (χ1n) is 6.20. The van der Waals surface area contributed by atoms with Gasteiger partial charge in [0.25, 0.3) is 0 Å². The third kappa shape index (κ3) is 3.12. The van der Waals surface area contributed by atoms with Gasteiger partial charge in [-0.3, -0.25) is 0 Å². The molecule has 98 valence electrons. The lowest BCUT2D eigenvalue weighted by Gasteiger charge is -2.08. The molecule has 1 heterocycles. The lowest BCUT2D eigenvalue weighted by molar-refractivity contribution is 0.947. The summed E-state index contributed by atoms with van der Waals surface area (Å²) in [7, 11) is 0. The maximum absolute atomic E-state index is 6.09. The molecular formula is C13H14ClN5. The SMILES string of the molecule is Cc1ccc(Nc2cnnc(NC3CC3)n2)cc1Cl. The van der Waals surface area contributed by atoms with Crippen molar-refractivity contribution in [2.45, 2.75) is 25.8 Å². The zero-order chi connectivity index (χ0) is 13.2. The minimum atomic E-state index is 0.505. The lowest BCUT2D eigenvalue weighted by atomic mass is 10.2. The van der Waals surface area contributed by atoms with E-state index < -0.39 is 0 Å². The standard InChI is InChI=1S/C13H14ClN5/c1-8-2-3-10(6-11(8)14)16-12-7-15-19-13(18-12)17-9-4-5-9/h2-3,6-7,9H,4-5H2,1H3,(H2,16,17,18,19). The molecule has 0 atom stereocenters. The second-order valence-corrected chi connectivity index (χ2v) is 5.08. The topological polar surface area (TPSA) is 62.7 Å². The van der Waals surface area contributed by atoms with Crippen molar-refractivity contribution in [3.63, 3.8) is 0 Å². The van der Waals surface area contributed by atoms with Crippen LogP contribution in [0.25, 0.3) is 0 Å². The molecule has 19 heavy (non-hydrogen) atoms. The predicted molar refractivity (Wildman–Crippen MR) is 75.9 cm³/mol. The van der Waals surface area contributed by atoms with Crippen LogP contribution in [0.3, 0.4) is 0 Å². The molecule has 1 aliphatic carbocycles. The lowest BCUT2D eigenvalue weighted by Crippen LogP contribution is -2.07. The van der Waals surface area contributed by atoms with Gasteiger partial charge in [-0.2, -0.15) is 10.1 Å². The van der Waals surface area contributed by atoms with Gasteiger partial charge in [-0.1, -0.05) is 17.7 Å². The molecule has 2 N–H and O–H groups in total. The number of halogens is 1. The molecule has 0 unspecified atom stereocenters. The van der Waals surface area contributed by atoms with Gasteiger partial charge in [0, 0.05) is 16.8 Å². The summed E-state index contributed by atoms with van der Waals surface area (Å²) in [5.74, 6) is 1.21. The minimum Gasteiger partial charge on any atom is -0.350 e. The first-order chi connectivity index (χ1) is 9.20. The fourth-order valence-electron chi connectivity index (χ4n) is 1.65. The van der Waals surface area contributed by atoms with E-state index in [0.717, 1.165) is 16.3 Å². The smallest absolute Gasteiger partial charge is 0.244 e. The number of aromatic nitrogens is 3. The molecule has 1 aliphatic rings. The second kappa shape index (κ2) is 5.01. The molecule has 0 amide bonds. The van der Waals surface area contributed by atoms with E-state index in [-0.39, 0.29) is 0 Å². The minimum absolute atomic E-state index is 0.505. The van der Waals surface area contributed by atoms with E-state index in [4.69, 9.17) is 11.6 Å². The van der Waals surface area contributed by atoms with Crippen LogP contribution in [0.5, 0.6) is 0 Å². The summed E-state index contributed by atoms with van der Waals surface area (Å²) in [6.45, 7) is 1.97. The van der Waals surface area contributed by atoms with Crippen molar-refractivity contribution in [3.05, 3.63) is 35.0 Å². The van der Waals surface area contributed by atoms with Gasteiger partial charge in [0.05, 0.1) is 6.20 Å². The van der Waals surface area contributed by atoms with Crippen LogP contribution in [0.4, 0.5) is 17.5 Å². The Balaban J connectivity index is 1.75. The second-order valence-electron chi connectivity index (χ2n) is 4.67. The largest absolute Gasteiger partial charge is 0.350 e. The Bertz CT molecular complexity index is 597. The van der Waals surface area contributed by atoms with Gasteiger partial charge < -0.3 is 10.6 Å². The summed E-state index contributed by atoms with van der Waals surface area (Å²) in [4.78, 5) is 4.36. The molecule has 6 heteroatoms. The summed E-state index contributed by atoms with van der Waals surface area (Å²) in [5, 5.41) is 15.0. The fourth-order valence-corrected chi connectivity index (χ4v) is 1.83. The van der Waals surface area contributed by atoms with E-state index in [9.17, 15) is 0 Å². The summed E-state index contributed by atoms with van der Waals surface area (Å²) in [6.07, 6.45) is 3.94. The first-order valence-corrected chi connectivity index (χ1v) is 6.58. The van der Waals surface area contributed by atoms with E-state index in [0.29, 0.717) is 17.8 Å². The summed E-state index contributed by atoms with van der Waals surface area (Å²) in [6, 6.07) is 6.29. The molecule has 0 radical (unpaired) electrons. The van der Waals surface area contributed by atoms with Crippen LogP contribution >= 0.6 is 11.6 Å². The molecule has 0 aliphatic heterocycles. The monoisotopic (exact) mass is 275 g/mol. The summed E-state index contributed by atoms with van der Waals surface area (Å²) < 4.78 is 0. The Hall–Kier alpha value is -1.88. The van der Waals surface area contributed by atoms with Gasteiger partial charge in [0.15, 0.2) is 5.82 Å². The van der Waals surface area contributed by atoms with E-state index in [1.165, 1.54) is 12.8 Å². The Morgan fingerprint density at radius 1 is 1.32 bits per heavy atom. The number of nitrogens with zero attached hydrogens (tertiary/aromatic N) is 3. The van der Waals surface area contributed by atoms with Crippen molar-refractivity contribution in [2.75, 3.05) is 10.6 Å². The highest BCUT2D eigenvalue weighted by molar-refractivity contribution is 6.31. The van der Waals surface area contributed by atoms with Crippen LogP contribution in [-0.2, 0) is 0 Å². The summed E-state index contributed by atoms with van der Waals surface area (Å²) >= 11 is 6.09. The van der Waals surface area contributed by atoms with E-state index >= 15 is 0 Å². The highest BCUT2D eigenvalue weighted by Gasteiger charge is 2.22. The zero-order valence-corrected chi connectivity index (χ0v) is 11.3. The van der Waals surface area contributed by atoms with Crippen molar-refractivity contribution in [1.29, 1.82) is 0 Å². The van der Waals surface area contributed by atoms with E-state index in [2.05, 4.69) is 25.8 Å². The molecule has 0 spiro atoms. The number of benzene rings is 1. The molecule has 1 aromatic heterocycles. The van der Waals surface area contributed by atoms with Crippen LogP contribution in [0.1, 0.15) is 18.4 Å². The quantitative estimate of drug-likeness (QED) is 0.897. The fraction of sp³-hybridized carbons (Fsp3) is 0.308. The first kappa shape index (κ1) is 12.2. The normalized spacial score (nSPS) is 14.2. The molecule has 0 bridgehead atoms. The molecule has 0 saturated heterocycles. The molecule has 1 fully saturated rings. The maximum atomic E-state index is 6.09. The maximum Gasteiger partial charge on any atom is 0.244 e. The average molecular weight is 276 g/mol. The highest BCUT2D eigenvalue weighted by atomic mass is 35.5. The number of aryl methyl sites for hydroxylation is 1. The number of hydrogen-bond donors (Lipinski definition) is 2. The molecule has 1 aromatic carbocycles. The molecule has 2 aromatic rings. The average Bonchev–Trinajstić information content (AvgIpc) is 3.18. The van der Waals surface area contributed by atoms with Gasteiger partial charge in [-0.05, 0) is 37.5 Å². The number of rotatable bonds is 4. The van der Waals surface area contributed by atoms with Crippen LogP contribution in [-0.4, -0.2) is 21.2 Å². The summed E-state index contributed by atoms with van der Waals surface area (Å²) in [5.41, 5.74) is 1.93. The van der Waals surface area contributed by atoms with Gasteiger partial charge in [0.1, 0.15) is 0 Å². The van der Waals surface area contributed by atoms with E-state index in [1.807, 2.05) is 25.1 Å². The van der Waals surface area contributed by atoms with Gasteiger partial charge in [-0.15, -0.1) is 5.10 Å². The van der Waals surface area contributed by atoms with Crippen molar-refractivity contribution >= 4 is 29.1 Å². The Morgan fingerprint density at radius 3 is 2.89 bits per heavy atom. The van der Waals surface area contributed by atoms with E-state index in [1.54, 1.807) is 6.20 Å². The number of hydrogen-bond acceptors (Lipinski definition) is 5. The van der Waals surface area contributed by atoms with Crippen molar-refractivity contribution < 1.29 is 0 Å².